The lowest BCUT2D eigenvalue weighted by Crippen LogP contribution is -2.16. The maximum absolute atomic E-state index is 13.4. The second kappa shape index (κ2) is 5.97. The van der Waals surface area contributed by atoms with Crippen molar-refractivity contribution in [2.75, 3.05) is 18.1 Å². The van der Waals surface area contributed by atoms with E-state index in [0.29, 0.717) is 5.56 Å². The molecule has 0 aliphatic heterocycles. The van der Waals surface area contributed by atoms with Gasteiger partial charge in [-0.25, -0.2) is 12.8 Å². The highest BCUT2D eigenvalue weighted by atomic mass is 32.2. The van der Waals surface area contributed by atoms with Crippen molar-refractivity contribution in [2.24, 2.45) is 5.73 Å². The van der Waals surface area contributed by atoms with E-state index in [4.69, 9.17) is 10.5 Å². The highest BCUT2D eigenvalue weighted by Crippen LogP contribution is 2.22. The molecule has 0 spiro atoms. The van der Waals surface area contributed by atoms with Crippen molar-refractivity contribution in [3.63, 3.8) is 0 Å². The summed E-state index contributed by atoms with van der Waals surface area (Å²) in [7, 11) is -3.10. The third-order valence-corrected chi connectivity index (χ3v) is 4.02. The first kappa shape index (κ1) is 13.9. The van der Waals surface area contributed by atoms with Gasteiger partial charge in [0.15, 0.2) is 21.4 Å². The molecule has 0 heterocycles. The van der Waals surface area contributed by atoms with E-state index in [0.717, 1.165) is 0 Å². The maximum atomic E-state index is 13.4. The van der Waals surface area contributed by atoms with Gasteiger partial charge in [-0.15, -0.1) is 0 Å². The maximum Gasteiger partial charge on any atom is 0.165 e. The molecule has 1 aromatic rings. The molecule has 0 fully saturated rings. The molecule has 1 rings (SSSR count). The van der Waals surface area contributed by atoms with Crippen LogP contribution in [0.5, 0.6) is 5.75 Å². The van der Waals surface area contributed by atoms with Gasteiger partial charge in [0.25, 0.3) is 0 Å². The summed E-state index contributed by atoms with van der Waals surface area (Å²) in [5.41, 5.74) is 5.97. The zero-order chi connectivity index (χ0) is 12.9. The highest BCUT2D eigenvalue weighted by Gasteiger charge is 2.11. The van der Waals surface area contributed by atoms with Crippen molar-refractivity contribution in [3.8, 4) is 5.75 Å². The van der Waals surface area contributed by atoms with Crippen molar-refractivity contribution in [3.05, 3.63) is 29.6 Å². The van der Waals surface area contributed by atoms with E-state index in [-0.39, 0.29) is 30.4 Å². The molecule has 0 saturated heterocycles. The number of para-hydroxylation sites is 1. The molecular weight excluding hydrogens is 245 g/mol. The van der Waals surface area contributed by atoms with Crippen LogP contribution in [0.3, 0.4) is 0 Å². The van der Waals surface area contributed by atoms with Gasteiger partial charge in [-0.1, -0.05) is 19.1 Å². The Morgan fingerprint density at radius 2 is 2.12 bits per heavy atom. The standard InChI is InChI=1S/C11H16FNO3S/c1-2-17(14,15)7-6-16-11-9(8-13)4-3-5-10(11)12/h3-5H,2,6-8,13H2,1H3. The van der Waals surface area contributed by atoms with Crippen LogP contribution in [0, 0.1) is 5.82 Å². The molecule has 0 saturated carbocycles. The van der Waals surface area contributed by atoms with Gasteiger partial charge in [0.05, 0.1) is 5.75 Å². The monoisotopic (exact) mass is 261 g/mol. The molecule has 96 valence electrons. The molecule has 4 nitrogen and oxygen atoms in total. The Kier molecular flexibility index (Phi) is 4.89. The van der Waals surface area contributed by atoms with Crippen LogP contribution < -0.4 is 10.5 Å². The zero-order valence-corrected chi connectivity index (χ0v) is 10.5. The summed E-state index contributed by atoms with van der Waals surface area (Å²) >= 11 is 0. The number of hydrogen-bond donors (Lipinski definition) is 1. The molecule has 0 atom stereocenters. The van der Waals surface area contributed by atoms with Crippen molar-refractivity contribution in [2.45, 2.75) is 13.5 Å². The number of benzene rings is 1. The van der Waals surface area contributed by atoms with Crippen LogP contribution in [0.1, 0.15) is 12.5 Å². The predicted octanol–water partition coefficient (Wildman–Crippen LogP) is 1.10. The number of rotatable bonds is 6. The smallest absolute Gasteiger partial charge is 0.165 e. The fourth-order valence-electron chi connectivity index (χ4n) is 1.29. The average Bonchev–Trinajstić information content (AvgIpc) is 2.31. The van der Waals surface area contributed by atoms with Crippen LogP contribution in [0.15, 0.2) is 18.2 Å². The number of ether oxygens (including phenoxy) is 1. The van der Waals surface area contributed by atoms with E-state index in [9.17, 15) is 12.8 Å². The molecule has 0 unspecified atom stereocenters. The van der Waals surface area contributed by atoms with E-state index in [2.05, 4.69) is 0 Å². The van der Waals surface area contributed by atoms with Crippen molar-refractivity contribution in [1.82, 2.24) is 0 Å². The topological polar surface area (TPSA) is 69.4 Å². The van der Waals surface area contributed by atoms with Gasteiger partial charge in [-0.05, 0) is 6.07 Å². The molecule has 0 aliphatic carbocycles. The van der Waals surface area contributed by atoms with Gasteiger partial charge < -0.3 is 10.5 Å². The fourth-order valence-corrected chi connectivity index (χ4v) is 1.92. The summed E-state index contributed by atoms with van der Waals surface area (Å²) in [6.07, 6.45) is 0. The minimum Gasteiger partial charge on any atom is -0.489 e. The van der Waals surface area contributed by atoms with Crippen molar-refractivity contribution < 1.29 is 17.5 Å². The normalized spacial score (nSPS) is 11.5. The summed E-state index contributed by atoms with van der Waals surface area (Å²) in [6.45, 7) is 1.64. The summed E-state index contributed by atoms with van der Waals surface area (Å²) in [6, 6.07) is 4.43. The van der Waals surface area contributed by atoms with E-state index in [1.807, 2.05) is 0 Å². The van der Waals surface area contributed by atoms with Gasteiger partial charge in [0, 0.05) is 17.9 Å². The second-order valence-electron chi connectivity index (χ2n) is 3.52. The van der Waals surface area contributed by atoms with Crippen molar-refractivity contribution >= 4 is 9.84 Å². The van der Waals surface area contributed by atoms with Crippen LogP contribution in [0.25, 0.3) is 0 Å². The van der Waals surface area contributed by atoms with E-state index in [1.54, 1.807) is 13.0 Å². The van der Waals surface area contributed by atoms with Crippen LogP contribution >= 0.6 is 0 Å². The predicted molar refractivity (Wildman–Crippen MR) is 64.1 cm³/mol. The highest BCUT2D eigenvalue weighted by molar-refractivity contribution is 7.91. The first-order valence-electron chi connectivity index (χ1n) is 5.31. The van der Waals surface area contributed by atoms with E-state index in [1.165, 1.54) is 12.1 Å². The Hall–Kier alpha value is -1.14. The quantitative estimate of drug-likeness (QED) is 0.832. The Bertz CT molecular complexity index is 474. The molecule has 0 amide bonds. The molecule has 0 bridgehead atoms. The van der Waals surface area contributed by atoms with Gasteiger partial charge in [0.1, 0.15) is 6.61 Å². The van der Waals surface area contributed by atoms with Crippen LogP contribution in [0.2, 0.25) is 0 Å². The average molecular weight is 261 g/mol. The van der Waals surface area contributed by atoms with Gasteiger partial charge >= 0.3 is 0 Å². The Morgan fingerprint density at radius 3 is 2.71 bits per heavy atom. The van der Waals surface area contributed by atoms with Gasteiger partial charge in [-0.2, -0.15) is 0 Å². The van der Waals surface area contributed by atoms with Gasteiger partial charge in [-0.3, -0.25) is 0 Å². The second-order valence-corrected chi connectivity index (χ2v) is 5.99. The molecule has 0 aliphatic rings. The Morgan fingerprint density at radius 1 is 1.41 bits per heavy atom. The first-order valence-corrected chi connectivity index (χ1v) is 7.13. The Labute approximate surface area is 101 Å². The molecule has 0 radical (unpaired) electrons. The number of nitrogens with two attached hydrogens (primary N) is 1. The van der Waals surface area contributed by atoms with Crippen LogP contribution in [-0.4, -0.2) is 26.5 Å². The number of halogens is 1. The molecular formula is C11H16FNO3S. The van der Waals surface area contributed by atoms with E-state index < -0.39 is 15.7 Å². The lowest BCUT2D eigenvalue weighted by Gasteiger charge is -2.11. The lowest BCUT2D eigenvalue weighted by molar-refractivity contribution is 0.318. The molecule has 6 heteroatoms. The largest absolute Gasteiger partial charge is 0.489 e. The fraction of sp³-hybridized carbons (Fsp3) is 0.455. The Balaban J connectivity index is 2.70. The van der Waals surface area contributed by atoms with Crippen LogP contribution in [0.4, 0.5) is 4.39 Å². The van der Waals surface area contributed by atoms with Crippen LogP contribution in [-0.2, 0) is 16.4 Å². The lowest BCUT2D eigenvalue weighted by atomic mass is 10.2. The summed E-state index contributed by atoms with van der Waals surface area (Å²) < 4.78 is 41.0. The third-order valence-electron chi connectivity index (χ3n) is 2.35. The molecule has 2 N–H and O–H groups in total. The molecule has 17 heavy (non-hydrogen) atoms. The SMILES string of the molecule is CCS(=O)(=O)CCOc1c(F)cccc1CN. The summed E-state index contributed by atoms with van der Waals surface area (Å²) in [5.74, 6) is -0.553. The minimum atomic E-state index is -3.10. The third kappa shape index (κ3) is 3.98. The number of hydrogen-bond acceptors (Lipinski definition) is 4. The number of sulfone groups is 1. The minimum absolute atomic E-state index is 0.0429. The summed E-state index contributed by atoms with van der Waals surface area (Å²) in [5, 5.41) is 0. The molecule has 1 aromatic carbocycles. The van der Waals surface area contributed by atoms with Gasteiger partial charge in [0.2, 0.25) is 0 Å². The molecule has 0 aromatic heterocycles. The zero-order valence-electron chi connectivity index (χ0n) is 9.65. The van der Waals surface area contributed by atoms with Crippen molar-refractivity contribution in [1.29, 1.82) is 0 Å². The summed E-state index contributed by atoms with van der Waals surface area (Å²) in [4.78, 5) is 0. The first-order chi connectivity index (χ1) is 8.00. The van der Waals surface area contributed by atoms with E-state index >= 15 is 0 Å².